The Labute approximate surface area is 113 Å². The van der Waals surface area contributed by atoms with Gasteiger partial charge in [0.1, 0.15) is 5.82 Å². The number of thioether (sulfide) groups is 1. The molecule has 1 aromatic rings. The van der Waals surface area contributed by atoms with Crippen molar-refractivity contribution < 1.29 is 4.79 Å². The van der Waals surface area contributed by atoms with Crippen molar-refractivity contribution in [3.05, 3.63) is 23.9 Å². The van der Waals surface area contributed by atoms with Crippen LogP contribution in [0.5, 0.6) is 0 Å². The Balaban J connectivity index is 2.77. The molecule has 0 fully saturated rings. The van der Waals surface area contributed by atoms with E-state index in [9.17, 15) is 4.79 Å². The van der Waals surface area contributed by atoms with Crippen molar-refractivity contribution in [2.75, 3.05) is 37.5 Å². The predicted molar refractivity (Wildman–Crippen MR) is 78.4 cm³/mol. The Bertz CT molecular complexity index is 384. The van der Waals surface area contributed by atoms with Crippen molar-refractivity contribution in [2.45, 2.75) is 13.3 Å². The van der Waals surface area contributed by atoms with Crippen LogP contribution in [0.15, 0.2) is 18.3 Å². The zero-order chi connectivity index (χ0) is 13.4. The molecule has 0 aliphatic carbocycles. The summed E-state index contributed by atoms with van der Waals surface area (Å²) in [4.78, 5) is 18.2. The fourth-order valence-corrected chi connectivity index (χ4v) is 1.95. The summed E-state index contributed by atoms with van der Waals surface area (Å²) in [6.07, 6.45) is 4.75. The second kappa shape index (κ2) is 7.97. The van der Waals surface area contributed by atoms with Gasteiger partial charge in [0.05, 0.1) is 5.56 Å². The van der Waals surface area contributed by atoms with E-state index < -0.39 is 0 Å². The number of hydrogen-bond acceptors (Lipinski definition) is 4. The van der Waals surface area contributed by atoms with Crippen LogP contribution in [0.3, 0.4) is 0 Å². The lowest BCUT2D eigenvalue weighted by molar-refractivity contribution is 0.0804. The standard InChI is InChI=1S/C13H21N3OS/c1-4-7-14-12-11(6-5-8-15-12)13(17)16(2)9-10-18-3/h5-6,8H,4,7,9-10H2,1-3H3,(H,14,15). The van der Waals surface area contributed by atoms with Crippen molar-refractivity contribution in [3.63, 3.8) is 0 Å². The van der Waals surface area contributed by atoms with Crippen molar-refractivity contribution in [1.82, 2.24) is 9.88 Å². The molecule has 0 saturated carbocycles. The maximum atomic E-state index is 12.3. The minimum absolute atomic E-state index is 0.0238. The average molecular weight is 267 g/mol. The van der Waals surface area contributed by atoms with Crippen LogP contribution in [0.2, 0.25) is 0 Å². The first-order chi connectivity index (χ1) is 8.70. The summed E-state index contributed by atoms with van der Waals surface area (Å²) in [6.45, 7) is 3.66. The van der Waals surface area contributed by atoms with Crippen LogP contribution in [-0.4, -0.2) is 47.9 Å². The molecule has 0 radical (unpaired) electrons. The van der Waals surface area contributed by atoms with Crippen LogP contribution < -0.4 is 5.32 Å². The van der Waals surface area contributed by atoms with E-state index in [2.05, 4.69) is 17.2 Å². The molecule has 0 atom stereocenters. The highest BCUT2D eigenvalue weighted by Gasteiger charge is 2.15. The fraction of sp³-hybridized carbons (Fsp3) is 0.538. The third kappa shape index (κ3) is 4.22. The highest BCUT2D eigenvalue weighted by atomic mass is 32.2. The first-order valence-electron chi connectivity index (χ1n) is 6.14. The number of nitrogens with one attached hydrogen (secondary N) is 1. The average Bonchev–Trinajstić information content (AvgIpc) is 2.42. The van der Waals surface area contributed by atoms with Gasteiger partial charge in [-0.05, 0) is 24.8 Å². The van der Waals surface area contributed by atoms with Crippen LogP contribution in [0.25, 0.3) is 0 Å². The van der Waals surface area contributed by atoms with Crippen LogP contribution in [-0.2, 0) is 0 Å². The summed E-state index contributed by atoms with van der Waals surface area (Å²) in [5, 5.41) is 3.19. The number of aromatic nitrogens is 1. The van der Waals surface area contributed by atoms with Crippen LogP contribution in [0.4, 0.5) is 5.82 Å². The van der Waals surface area contributed by atoms with Gasteiger partial charge >= 0.3 is 0 Å². The molecule has 1 rings (SSSR count). The molecule has 1 heterocycles. The topological polar surface area (TPSA) is 45.2 Å². The summed E-state index contributed by atoms with van der Waals surface area (Å²) in [5.74, 6) is 1.65. The molecule has 0 aliphatic heterocycles. The Morgan fingerprint density at radius 2 is 2.33 bits per heavy atom. The molecule has 1 amide bonds. The molecular formula is C13H21N3OS. The molecule has 0 bridgehead atoms. The third-order valence-electron chi connectivity index (χ3n) is 2.56. The van der Waals surface area contributed by atoms with Crippen molar-refractivity contribution >= 4 is 23.5 Å². The van der Waals surface area contributed by atoms with Crippen LogP contribution in [0, 0.1) is 0 Å². The highest BCUT2D eigenvalue weighted by Crippen LogP contribution is 2.14. The van der Waals surface area contributed by atoms with E-state index in [4.69, 9.17) is 0 Å². The maximum Gasteiger partial charge on any atom is 0.257 e. The van der Waals surface area contributed by atoms with Gasteiger partial charge in [-0.3, -0.25) is 4.79 Å². The minimum atomic E-state index is 0.0238. The smallest absolute Gasteiger partial charge is 0.257 e. The molecular weight excluding hydrogens is 246 g/mol. The lowest BCUT2D eigenvalue weighted by atomic mass is 10.2. The Hall–Kier alpha value is -1.23. The van der Waals surface area contributed by atoms with Gasteiger partial charge in [-0.25, -0.2) is 4.98 Å². The summed E-state index contributed by atoms with van der Waals surface area (Å²) in [7, 11) is 1.83. The van der Waals surface area contributed by atoms with Gasteiger partial charge in [-0.2, -0.15) is 11.8 Å². The SMILES string of the molecule is CCCNc1ncccc1C(=O)N(C)CCSC. The van der Waals surface area contributed by atoms with E-state index >= 15 is 0 Å². The summed E-state index contributed by atoms with van der Waals surface area (Å²) in [6, 6.07) is 3.62. The molecule has 0 saturated heterocycles. The van der Waals surface area contributed by atoms with E-state index in [0.717, 1.165) is 25.3 Å². The Morgan fingerprint density at radius 1 is 1.56 bits per heavy atom. The fourth-order valence-electron chi connectivity index (χ4n) is 1.50. The van der Waals surface area contributed by atoms with Crippen molar-refractivity contribution in [2.24, 2.45) is 0 Å². The molecule has 1 aromatic heterocycles. The van der Waals surface area contributed by atoms with Gasteiger partial charge in [0, 0.05) is 32.1 Å². The van der Waals surface area contributed by atoms with E-state index in [-0.39, 0.29) is 5.91 Å². The number of anilines is 1. The van der Waals surface area contributed by atoms with E-state index in [0.29, 0.717) is 11.4 Å². The van der Waals surface area contributed by atoms with Crippen molar-refractivity contribution in [3.8, 4) is 0 Å². The number of hydrogen-bond donors (Lipinski definition) is 1. The predicted octanol–water partition coefficient (Wildman–Crippen LogP) is 2.34. The number of nitrogens with zero attached hydrogens (tertiary/aromatic N) is 2. The first kappa shape index (κ1) is 14.8. The molecule has 0 spiro atoms. The molecule has 0 aliphatic rings. The van der Waals surface area contributed by atoms with Crippen LogP contribution >= 0.6 is 11.8 Å². The number of carbonyl (C=O) groups is 1. The molecule has 4 nitrogen and oxygen atoms in total. The van der Waals surface area contributed by atoms with Gasteiger partial charge in [0.15, 0.2) is 0 Å². The van der Waals surface area contributed by atoms with E-state index in [1.165, 1.54) is 0 Å². The van der Waals surface area contributed by atoms with Gasteiger partial charge in [0.25, 0.3) is 5.91 Å². The largest absolute Gasteiger partial charge is 0.369 e. The van der Waals surface area contributed by atoms with E-state index in [1.54, 1.807) is 28.9 Å². The zero-order valence-electron chi connectivity index (χ0n) is 11.3. The lowest BCUT2D eigenvalue weighted by Crippen LogP contribution is -2.29. The monoisotopic (exact) mass is 267 g/mol. The maximum absolute atomic E-state index is 12.3. The Morgan fingerprint density at radius 3 is 3.00 bits per heavy atom. The molecule has 18 heavy (non-hydrogen) atoms. The summed E-state index contributed by atoms with van der Waals surface area (Å²) >= 11 is 1.74. The second-order valence-electron chi connectivity index (χ2n) is 4.05. The summed E-state index contributed by atoms with van der Waals surface area (Å²) in [5.41, 5.74) is 0.648. The number of amides is 1. The first-order valence-corrected chi connectivity index (χ1v) is 7.53. The molecule has 0 unspecified atom stereocenters. The normalized spacial score (nSPS) is 10.2. The highest BCUT2D eigenvalue weighted by molar-refractivity contribution is 7.98. The summed E-state index contributed by atoms with van der Waals surface area (Å²) < 4.78 is 0. The zero-order valence-corrected chi connectivity index (χ0v) is 12.1. The van der Waals surface area contributed by atoms with Gasteiger partial charge in [-0.15, -0.1) is 0 Å². The molecule has 100 valence electrons. The quantitative estimate of drug-likeness (QED) is 0.823. The number of carbonyl (C=O) groups excluding carboxylic acids is 1. The van der Waals surface area contributed by atoms with Gasteiger partial charge in [0.2, 0.25) is 0 Å². The molecule has 0 aromatic carbocycles. The number of rotatable bonds is 7. The molecule has 5 heteroatoms. The van der Waals surface area contributed by atoms with Gasteiger partial charge in [-0.1, -0.05) is 6.92 Å². The molecule has 1 N–H and O–H groups in total. The lowest BCUT2D eigenvalue weighted by Gasteiger charge is -2.18. The van der Waals surface area contributed by atoms with Crippen LogP contribution in [0.1, 0.15) is 23.7 Å². The number of pyridine rings is 1. The Kier molecular flexibility index (Phi) is 6.57. The van der Waals surface area contributed by atoms with E-state index in [1.807, 2.05) is 19.4 Å². The minimum Gasteiger partial charge on any atom is -0.369 e. The third-order valence-corrected chi connectivity index (χ3v) is 3.15. The van der Waals surface area contributed by atoms with Crippen molar-refractivity contribution in [1.29, 1.82) is 0 Å². The van der Waals surface area contributed by atoms with Gasteiger partial charge < -0.3 is 10.2 Å². The second-order valence-corrected chi connectivity index (χ2v) is 5.03.